The van der Waals surface area contributed by atoms with Crippen LogP contribution in [0.3, 0.4) is 0 Å². The molecule has 1 heterocycles. The van der Waals surface area contributed by atoms with Crippen LogP contribution in [0, 0.1) is 6.92 Å². The number of aryl methyl sites for hydroxylation is 1. The van der Waals surface area contributed by atoms with Gasteiger partial charge < -0.3 is 10.1 Å². The molecule has 4 nitrogen and oxygen atoms in total. The van der Waals surface area contributed by atoms with Crippen molar-refractivity contribution in [3.63, 3.8) is 0 Å². The third kappa shape index (κ3) is 3.70. The van der Waals surface area contributed by atoms with Gasteiger partial charge >= 0.3 is 0 Å². The molecular weight excluding hydrogens is 250 g/mol. The van der Waals surface area contributed by atoms with E-state index >= 15 is 0 Å². The summed E-state index contributed by atoms with van der Waals surface area (Å²) in [6, 6.07) is 6.26. The Morgan fingerprint density at radius 3 is 2.85 bits per heavy atom. The number of anilines is 1. The van der Waals surface area contributed by atoms with Gasteiger partial charge in [0.25, 0.3) is 0 Å². The topological polar surface area (TPSA) is 47.0 Å². The lowest BCUT2D eigenvalue weighted by atomic mass is 10.1. The van der Waals surface area contributed by atoms with Gasteiger partial charge in [-0.1, -0.05) is 13.0 Å². The van der Waals surface area contributed by atoms with Crippen LogP contribution in [0.5, 0.6) is 5.75 Å². The Morgan fingerprint density at radius 2 is 2.15 bits per heavy atom. The third-order valence-corrected chi connectivity index (χ3v) is 3.00. The van der Waals surface area contributed by atoms with E-state index in [1.807, 2.05) is 6.07 Å². The summed E-state index contributed by atoms with van der Waals surface area (Å²) < 4.78 is 5.81. The van der Waals surface area contributed by atoms with Gasteiger partial charge in [-0.05, 0) is 38.0 Å². The van der Waals surface area contributed by atoms with E-state index in [2.05, 4.69) is 48.2 Å². The van der Waals surface area contributed by atoms with Crippen molar-refractivity contribution in [1.82, 2.24) is 9.97 Å². The molecule has 0 saturated carbocycles. The van der Waals surface area contributed by atoms with Gasteiger partial charge in [0.2, 0.25) is 0 Å². The first-order valence-corrected chi connectivity index (χ1v) is 6.96. The minimum absolute atomic E-state index is 0.0791. The molecule has 0 bridgehead atoms. The second-order valence-electron chi connectivity index (χ2n) is 4.84. The molecule has 0 aliphatic rings. The molecule has 0 radical (unpaired) electrons. The Morgan fingerprint density at radius 1 is 1.30 bits per heavy atom. The van der Waals surface area contributed by atoms with Crippen LogP contribution >= 0.6 is 0 Å². The monoisotopic (exact) mass is 271 g/mol. The molecular formula is C16H21N3O. The van der Waals surface area contributed by atoms with E-state index in [0.29, 0.717) is 0 Å². The second kappa shape index (κ2) is 6.89. The Bertz CT molecular complexity index is 543. The lowest BCUT2D eigenvalue weighted by molar-refractivity contribution is 0.318. The molecule has 1 aromatic carbocycles. The first-order chi connectivity index (χ1) is 9.70. The fourth-order valence-corrected chi connectivity index (χ4v) is 1.92. The zero-order valence-electron chi connectivity index (χ0n) is 12.3. The van der Waals surface area contributed by atoms with E-state index in [1.165, 1.54) is 5.56 Å². The van der Waals surface area contributed by atoms with Crippen molar-refractivity contribution in [3.05, 3.63) is 48.0 Å². The van der Waals surface area contributed by atoms with Crippen molar-refractivity contribution in [3.8, 4) is 5.75 Å². The number of hydrogen-bond acceptors (Lipinski definition) is 4. The van der Waals surface area contributed by atoms with Gasteiger partial charge in [0, 0.05) is 12.4 Å². The molecule has 2 rings (SSSR count). The van der Waals surface area contributed by atoms with E-state index in [-0.39, 0.29) is 6.04 Å². The van der Waals surface area contributed by atoms with Gasteiger partial charge in [-0.3, -0.25) is 9.97 Å². The molecule has 0 aliphatic heterocycles. The predicted molar refractivity (Wildman–Crippen MR) is 81.0 cm³/mol. The Labute approximate surface area is 120 Å². The molecule has 4 heteroatoms. The van der Waals surface area contributed by atoms with Crippen LogP contribution in [0.1, 0.15) is 37.6 Å². The van der Waals surface area contributed by atoms with Crippen molar-refractivity contribution in [2.24, 2.45) is 0 Å². The number of hydrogen-bond donors (Lipinski definition) is 1. The van der Waals surface area contributed by atoms with Crippen LogP contribution in [0.25, 0.3) is 0 Å². The van der Waals surface area contributed by atoms with Crippen LogP contribution in [-0.2, 0) is 0 Å². The molecule has 1 atom stereocenters. The van der Waals surface area contributed by atoms with Crippen LogP contribution in [0.4, 0.5) is 5.69 Å². The van der Waals surface area contributed by atoms with Crippen LogP contribution in [-0.4, -0.2) is 16.6 Å². The zero-order chi connectivity index (χ0) is 14.4. The number of benzene rings is 1. The zero-order valence-corrected chi connectivity index (χ0v) is 12.3. The van der Waals surface area contributed by atoms with Crippen molar-refractivity contribution in [2.75, 3.05) is 11.9 Å². The fraction of sp³-hybridized carbons (Fsp3) is 0.375. The summed E-state index contributed by atoms with van der Waals surface area (Å²) in [5.74, 6) is 0.891. The highest BCUT2D eigenvalue weighted by atomic mass is 16.5. The quantitative estimate of drug-likeness (QED) is 0.869. The summed E-state index contributed by atoms with van der Waals surface area (Å²) in [4.78, 5) is 8.42. The lowest BCUT2D eigenvalue weighted by Crippen LogP contribution is -2.10. The first-order valence-electron chi connectivity index (χ1n) is 6.96. The lowest BCUT2D eigenvalue weighted by Gasteiger charge is -2.18. The fourth-order valence-electron chi connectivity index (χ4n) is 1.92. The molecule has 2 aromatic rings. The third-order valence-electron chi connectivity index (χ3n) is 3.00. The summed E-state index contributed by atoms with van der Waals surface area (Å²) in [6.07, 6.45) is 6.15. The maximum absolute atomic E-state index is 5.81. The predicted octanol–water partition coefficient (Wildman–Crippen LogP) is 3.75. The standard InChI is InChI=1S/C16H21N3O/c1-4-9-20-16-10-12(2)5-6-14(16)19-13(3)15-11-17-7-8-18-15/h5-8,10-11,13,19H,4,9H2,1-3H3. The highest BCUT2D eigenvalue weighted by Gasteiger charge is 2.10. The van der Waals surface area contributed by atoms with Crippen LogP contribution in [0.15, 0.2) is 36.8 Å². The summed E-state index contributed by atoms with van der Waals surface area (Å²) >= 11 is 0. The summed E-state index contributed by atoms with van der Waals surface area (Å²) in [6.45, 7) is 6.95. The maximum Gasteiger partial charge on any atom is 0.142 e. The first kappa shape index (κ1) is 14.3. The van der Waals surface area contributed by atoms with Gasteiger partial charge in [0.05, 0.1) is 30.2 Å². The molecule has 1 aromatic heterocycles. The summed E-state index contributed by atoms with van der Waals surface area (Å²) in [7, 11) is 0. The number of nitrogens with one attached hydrogen (secondary N) is 1. The minimum Gasteiger partial charge on any atom is -0.491 e. The maximum atomic E-state index is 5.81. The SMILES string of the molecule is CCCOc1cc(C)ccc1NC(C)c1cnccn1. The molecule has 20 heavy (non-hydrogen) atoms. The minimum atomic E-state index is 0.0791. The van der Waals surface area contributed by atoms with Gasteiger partial charge in [-0.25, -0.2) is 0 Å². The van der Waals surface area contributed by atoms with E-state index in [0.717, 1.165) is 30.2 Å². The summed E-state index contributed by atoms with van der Waals surface area (Å²) in [5.41, 5.74) is 3.09. The summed E-state index contributed by atoms with van der Waals surface area (Å²) in [5, 5.41) is 3.44. The Balaban J connectivity index is 2.15. The average Bonchev–Trinajstić information content (AvgIpc) is 2.48. The van der Waals surface area contributed by atoms with E-state index in [9.17, 15) is 0 Å². The number of ether oxygens (including phenoxy) is 1. The molecule has 0 spiro atoms. The van der Waals surface area contributed by atoms with Gasteiger partial charge in [0.15, 0.2) is 0 Å². The molecule has 0 amide bonds. The highest BCUT2D eigenvalue weighted by Crippen LogP contribution is 2.29. The highest BCUT2D eigenvalue weighted by molar-refractivity contribution is 5.58. The van der Waals surface area contributed by atoms with Crippen molar-refractivity contribution < 1.29 is 4.74 Å². The normalized spacial score (nSPS) is 11.9. The van der Waals surface area contributed by atoms with Crippen LogP contribution in [0.2, 0.25) is 0 Å². The molecule has 0 fully saturated rings. The Hall–Kier alpha value is -2.10. The van der Waals surface area contributed by atoms with Crippen molar-refractivity contribution in [1.29, 1.82) is 0 Å². The molecule has 0 saturated heterocycles. The van der Waals surface area contributed by atoms with Crippen molar-refractivity contribution >= 4 is 5.69 Å². The number of aromatic nitrogens is 2. The molecule has 1 N–H and O–H groups in total. The smallest absolute Gasteiger partial charge is 0.142 e. The largest absolute Gasteiger partial charge is 0.491 e. The molecule has 106 valence electrons. The molecule has 0 aliphatic carbocycles. The van der Waals surface area contributed by atoms with E-state index < -0.39 is 0 Å². The van der Waals surface area contributed by atoms with Crippen molar-refractivity contribution in [2.45, 2.75) is 33.2 Å². The number of rotatable bonds is 6. The molecule has 1 unspecified atom stereocenters. The van der Waals surface area contributed by atoms with Crippen LogP contribution < -0.4 is 10.1 Å². The second-order valence-corrected chi connectivity index (χ2v) is 4.84. The van der Waals surface area contributed by atoms with Gasteiger partial charge in [-0.15, -0.1) is 0 Å². The average molecular weight is 271 g/mol. The number of nitrogens with zero attached hydrogens (tertiary/aromatic N) is 2. The van der Waals surface area contributed by atoms with Gasteiger partial charge in [-0.2, -0.15) is 0 Å². The van der Waals surface area contributed by atoms with Gasteiger partial charge in [0.1, 0.15) is 5.75 Å². The Kier molecular flexibility index (Phi) is 4.93. The van der Waals surface area contributed by atoms with E-state index in [4.69, 9.17) is 4.74 Å². The van der Waals surface area contributed by atoms with E-state index in [1.54, 1.807) is 18.6 Å².